The molecule has 3 heterocycles. The summed E-state index contributed by atoms with van der Waals surface area (Å²) in [6.07, 6.45) is 6.36. The number of aryl methyl sites for hydroxylation is 2. The highest BCUT2D eigenvalue weighted by Crippen LogP contribution is 2.38. The molecule has 2 aromatic carbocycles. The maximum absolute atomic E-state index is 13.6. The molecule has 0 amide bonds. The molecule has 5 aromatic rings. The van der Waals surface area contributed by atoms with Crippen molar-refractivity contribution in [3.63, 3.8) is 0 Å². The second-order valence-electron chi connectivity index (χ2n) is 7.81. The first kappa shape index (κ1) is 21.8. The van der Waals surface area contributed by atoms with Crippen LogP contribution in [0, 0.1) is 5.82 Å². The lowest BCUT2D eigenvalue weighted by Crippen LogP contribution is -2.10. The maximum atomic E-state index is 13.6. The molecule has 1 unspecified atom stereocenters. The molecule has 0 radical (unpaired) electrons. The van der Waals surface area contributed by atoms with Gasteiger partial charge in [-0.15, -0.1) is 10.2 Å². The Morgan fingerprint density at radius 1 is 1.12 bits per heavy atom. The van der Waals surface area contributed by atoms with Gasteiger partial charge in [-0.3, -0.25) is 4.68 Å². The van der Waals surface area contributed by atoms with Crippen molar-refractivity contribution in [3.8, 4) is 16.9 Å². The zero-order chi connectivity index (χ0) is 23.8. The Balaban J connectivity index is 1.64. The van der Waals surface area contributed by atoms with Crippen molar-refractivity contribution in [1.29, 1.82) is 0 Å². The summed E-state index contributed by atoms with van der Waals surface area (Å²) in [6, 6.07) is 8.23. The molecule has 172 valence electrons. The molecule has 0 bridgehead atoms. The van der Waals surface area contributed by atoms with Gasteiger partial charge in [0.05, 0.1) is 22.1 Å². The van der Waals surface area contributed by atoms with Gasteiger partial charge in [-0.05, 0) is 42.8 Å². The minimum absolute atomic E-state index is 0.00889. The maximum Gasteiger partial charge on any atom is 0.173 e. The summed E-state index contributed by atoms with van der Waals surface area (Å²) in [6.45, 7) is 1.89. The van der Waals surface area contributed by atoms with Gasteiger partial charge in [-0.1, -0.05) is 11.6 Å². The summed E-state index contributed by atoms with van der Waals surface area (Å²) in [7, 11) is 3.71. The summed E-state index contributed by atoms with van der Waals surface area (Å²) in [5, 5.41) is 16.2. The number of halogens is 2. The quantitative estimate of drug-likeness (QED) is 0.373. The Bertz CT molecular complexity index is 1500. The molecular formula is C23H20ClFN8O. The zero-order valence-corrected chi connectivity index (χ0v) is 19.3. The first-order valence-electron chi connectivity index (χ1n) is 10.4. The standard InChI is InChI=1S/C23H20ClFN8O/c1-13(23-31-28-12-32(23)2)34-20-7-14(15-9-29-33(3)10-15)6-19-21(20)22(27-11-26-19)30-16-4-5-18(25)17(24)8-16/h4-13H,1-3H3,(H,26,27,30). The molecule has 5 rings (SSSR count). The first-order chi connectivity index (χ1) is 16.4. The third kappa shape index (κ3) is 4.15. The monoisotopic (exact) mass is 478 g/mol. The van der Waals surface area contributed by atoms with E-state index in [1.807, 2.05) is 39.3 Å². The molecule has 0 fully saturated rings. The number of hydrogen-bond acceptors (Lipinski definition) is 7. The molecular weight excluding hydrogens is 459 g/mol. The number of nitrogens with zero attached hydrogens (tertiary/aromatic N) is 7. The minimum atomic E-state index is -0.498. The van der Waals surface area contributed by atoms with Gasteiger partial charge in [0.25, 0.3) is 0 Å². The number of hydrogen-bond donors (Lipinski definition) is 1. The van der Waals surface area contributed by atoms with Crippen LogP contribution in [0.25, 0.3) is 22.0 Å². The molecule has 1 N–H and O–H groups in total. The number of fused-ring (bicyclic) bond motifs is 1. The molecule has 11 heteroatoms. The van der Waals surface area contributed by atoms with Crippen LogP contribution in [-0.2, 0) is 14.1 Å². The third-order valence-corrected chi connectivity index (χ3v) is 5.63. The lowest BCUT2D eigenvalue weighted by molar-refractivity contribution is 0.215. The van der Waals surface area contributed by atoms with Crippen molar-refractivity contribution >= 4 is 34.0 Å². The van der Waals surface area contributed by atoms with Crippen LogP contribution in [0.1, 0.15) is 18.9 Å². The van der Waals surface area contributed by atoms with Crippen molar-refractivity contribution < 1.29 is 9.13 Å². The summed E-state index contributed by atoms with van der Waals surface area (Å²) in [5.74, 6) is 1.20. The van der Waals surface area contributed by atoms with Crippen LogP contribution in [0.5, 0.6) is 5.75 Å². The SMILES string of the molecule is CC(Oc1cc(-c2cnn(C)c2)cc2ncnc(Nc3ccc(F)c(Cl)c3)c12)c1nncn1C. The van der Waals surface area contributed by atoms with E-state index in [1.165, 1.54) is 18.5 Å². The number of ether oxygens (including phenoxy) is 1. The number of benzene rings is 2. The lowest BCUT2D eigenvalue weighted by Gasteiger charge is -2.18. The Labute approximate surface area is 199 Å². The van der Waals surface area contributed by atoms with E-state index < -0.39 is 11.9 Å². The van der Waals surface area contributed by atoms with Crippen molar-refractivity contribution in [2.24, 2.45) is 14.1 Å². The highest BCUT2D eigenvalue weighted by molar-refractivity contribution is 6.31. The molecule has 9 nitrogen and oxygen atoms in total. The predicted octanol–water partition coefficient (Wildman–Crippen LogP) is 4.83. The molecule has 3 aromatic heterocycles. The molecule has 0 aliphatic carbocycles. The fourth-order valence-electron chi connectivity index (χ4n) is 3.69. The van der Waals surface area contributed by atoms with Gasteiger partial charge in [0, 0.05) is 31.5 Å². The van der Waals surface area contributed by atoms with Gasteiger partial charge in [0.2, 0.25) is 0 Å². The molecule has 0 saturated carbocycles. The van der Waals surface area contributed by atoms with Gasteiger partial charge < -0.3 is 14.6 Å². The van der Waals surface area contributed by atoms with Gasteiger partial charge >= 0.3 is 0 Å². The molecule has 34 heavy (non-hydrogen) atoms. The van der Waals surface area contributed by atoms with E-state index in [1.54, 1.807) is 27.8 Å². The smallest absolute Gasteiger partial charge is 0.173 e. The van der Waals surface area contributed by atoms with Crippen LogP contribution < -0.4 is 10.1 Å². The highest BCUT2D eigenvalue weighted by Gasteiger charge is 2.19. The Kier molecular flexibility index (Phi) is 5.58. The fraction of sp³-hybridized carbons (Fsp3) is 0.174. The van der Waals surface area contributed by atoms with E-state index in [2.05, 4.69) is 30.6 Å². The van der Waals surface area contributed by atoms with E-state index in [4.69, 9.17) is 16.3 Å². The largest absolute Gasteiger partial charge is 0.482 e. The number of aromatic nitrogens is 7. The van der Waals surface area contributed by atoms with E-state index in [0.717, 1.165) is 11.1 Å². The second-order valence-corrected chi connectivity index (χ2v) is 8.21. The average Bonchev–Trinajstić information content (AvgIpc) is 3.44. The van der Waals surface area contributed by atoms with Gasteiger partial charge in [0.15, 0.2) is 11.9 Å². The second kappa shape index (κ2) is 8.71. The van der Waals surface area contributed by atoms with E-state index in [0.29, 0.717) is 34.0 Å². The Hall–Kier alpha value is -4.05. The molecule has 0 spiro atoms. The first-order valence-corrected chi connectivity index (χ1v) is 10.8. The third-order valence-electron chi connectivity index (χ3n) is 5.34. The summed E-state index contributed by atoms with van der Waals surface area (Å²) >= 11 is 5.97. The molecule has 0 aliphatic heterocycles. The van der Waals surface area contributed by atoms with Crippen molar-refractivity contribution in [3.05, 3.63) is 72.0 Å². The van der Waals surface area contributed by atoms with Crippen LogP contribution in [0.2, 0.25) is 5.02 Å². The van der Waals surface area contributed by atoms with Crippen molar-refractivity contribution in [1.82, 2.24) is 34.5 Å². The summed E-state index contributed by atoms with van der Waals surface area (Å²) < 4.78 is 23.6. The normalized spacial score (nSPS) is 12.1. The number of nitrogens with one attached hydrogen (secondary N) is 1. The summed E-state index contributed by atoms with van der Waals surface area (Å²) in [5.41, 5.74) is 3.04. The van der Waals surface area contributed by atoms with Crippen LogP contribution >= 0.6 is 11.6 Å². The van der Waals surface area contributed by atoms with Crippen LogP contribution in [-0.4, -0.2) is 34.5 Å². The highest BCUT2D eigenvalue weighted by atomic mass is 35.5. The molecule has 0 aliphatic rings. The van der Waals surface area contributed by atoms with Crippen LogP contribution in [0.3, 0.4) is 0 Å². The summed E-state index contributed by atoms with van der Waals surface area (Å²) in [4.78, 5) is 8.90. The van der Waals surface area contributed by atoms with Gasteiger partial charge in [0.1, 0.15) is 30.0 Å². The minimum Gasteiger partial charge on any atom is -0.482 e. The van der Waals surface area contributed by atoms with Crippen molar-refractivity contribution in [2.45, 2.75) is 13.0 Å². The number of rotatable bonds is 6. The zero-order valence-electron chi connectivity index (χ0n) is 18.6. The van der Waals surface area contributed by atoms with Crippen LogP contribution in [0.4, 0.5) is 15.9 Å². The van der Waals surface area contributed by atoms with Crippen molar-refractivity contribution in [2.75, 3.05) is 5.32 Å². The molecule has 0 saturated heterocycles. The Morgan fingerprint density at radius 2 is 1.97 bits per heavy atom. The fourth-order valence-corrected chi connectivity index (χ4v) is 3.87. The Morgan fingerprint density at radius 3 is 2.68 bits per heavy atom. The van der Waals surface area contributed by atoms with E-state index in [9.17, 15) is 4.39 Å². The lowest BCUT2D eigenvalue weighted by atomic mass is 10.1. The van der Waals surface area contributed by atoms with Gasteiger partial charge in [-0.25, -0.2) is 14.4 Å². The van der Waals surface area contributed by atoms with Crippen LogP contribution in [0.15, 0.2) is 55.4 Å². The topological polar surface area (TPSA) is 95.6 Å². The number of anilines is 2. The van der Waals surface area contributed by atoms with Gasteiger partial charge in [-0.2, -0.15) is 5.10 Å². The average molecular weight is 479 g/mol. The van der Waals surface area contributed by atoms with E-state index >= 15 is 0 Å². The van der Waals surface area contributed by atoms with E-state index in [-0.39, 0.29) is 5.02 Å². The predicted molar refractivity (Wildman–Crippen MR) is 126 cm³/mol. The molecule has 1 atom stereocenters.